The van der Waals surface area contributed by atoms with E-state index in [0.29, 0.717) is 13.1 Å². The molecule has 0 aromatic heterocycles. The Labute approximate surface area is 69.7 Å². The molecular weight excluding hydrogens is 140 g/mol. The molecule has 0 aliphatic rings. The van der Waals surface area contributed by atoms with Crippen molar-refractivity contribution in [1.29, 1.82) is 0 Å². The maximum Gasteiger partial charge on any atom is 0.00461 e. The van der Waals surface area contributed by atoms with Crippen LogP contribution in [0.5, 0.6) is 0 Å². The molecule has 0 radical (unpaired) electrons. The van der Waals surface area contributed by atoms with Gasteiger partial charge in [0.15, 0.2) is 0 Å². The summed E-state index contributed by atoms with van der Waals surface area (Å²) < 4.78 is 0. The van der Waals surface area contributed by atoms with Crippen LogP contribution in [0.15, 0.2) is 0 Å². The highest BCUT2D eigenvalue weighted by Crippen LogP contribution is 1.76. The molecule has 0 spiro atoms. The Morgan fingerprint density at radius 1 is 0.909 bits per heavy atom. The van der Waals surface area contributed by atoms with Gasteiger partial charge in [0.1, 0.15) is 0 Å². The Balaban J connectivity index is 0. The van der Waals surface area contributed by atoms with Crippen LogP contribution in [0, 0.1) is 0 Å². The summed E-state index contributed by atoms with van der Waals surface area (Å²) in [4.78, 5) is 2.13. The fourth-order valence-electron chi connectivity index (χ4n) is 0.408. The molecule has 0 saturated carbocycles. The van der Waals surface area contributed by atoms with Crippen molar-refractivity contribution in [2.75, 3.05) is 40.3 Å². The molecule has 4 nitrogen and oxygen atoms in total. The van der Waals surface area contributed by atoms with Crippen molar-refractivity contribution in [1.82, 2.24) is 4.90 Å². The molecule has 70 valence electrons. The van der Waals surface area contributed by atoms with Crippen molar-refractivity contribution in [3.63, 3.8) is 0 Å². The molecule has 4 heteroatoms. The molecule has 0 amide bonds. The molecular formula is C7H22N4. The Hall–Kier alpha value is -0.160. The second-order valence-corrected chi connectivity index (χ2v) is 2.52. The molecule has 0 bridgehead atoms. The van der Waals surface area contributed by atoms with E-state index in [-0.39, 0.29) is 0 Å². The Morgan fingerprint density at radius 3 is 1.45 bits per heavy atom. The van der Waals surface area contributed by atoms with Gasteiger partial charge in [-0.1, -0.05) is 0 Å². The third kappa shape index (κ3) is 25.8. The summed E-state index contributed by atoms with van der Waals surface area (Å²) in [7, 11) is 4.10. The molecule has 0 saturated heterocycles. The van der Waals surface area contributed by atoms with Gasteiger partial charge in [0.2, 0.25) is 0 Å². The van der Waals surface area contributed by atoms with Crippen LogP contribution in [0.4, 0.5) is 0 Å². The van der Waals surface area contributed by atoms with E-state index in [1.54, 1.807) is 0 Å². The quantitative estimate of drug-likeness (QED) is 0.485. The van der Waals surface area contributed by atoms with Crippen LogP contribution >= 0.6 is 0 Å². The van der Waals surface area contributed by atoms with E-state index in [2.05, 4.69) is 19.0 Å². The van der Waals surface area contributed by atoms with Gasteiger partial charge in [-0.05, 0) is 33.6 Å². The largest absolute Gasteiger partial charge is 0.330 e. The van der Waals surface area contributed by atoms with Crippen molar-refractivity contribution in [3.05, 3.63) is 0 Å². The van der Waals surface area contributed by atoms with E-state index in [9.17, 15) is 0 Å². The van der Waals surface area contributed by atoms with Crippen LogP contribution in [-0.4, -0.2) is 45.2 Å². The Kier molecular flexibility index (Phi) is 15.3. The van der Waals surface area contributed by atoms with Gasteiger partial charge in [-0.15, -0.1) is 0 Å². The summed E-state index contributed by atoms with van der Waals surface area (Å²) in [5, 5.41) is 0. The molecule has 0 aliphatic carbocycles. The van der Waals surface area contributed by atoms with Crippen molar-refractivity contribution in [2.45, 2.75) is 6.42 Å². The zero-order valence-electron chi connectivity index (χ0n) is 7.71. The first-order valence-electron chi connectivity index (χ1n) is 3.94. The van der Waals surface area contributed by atoms with Crippen molar-refractivity contribution < 1.29 is 0 Å². The number of rotatable bonds is 4. The van der Waals surface area contributed by atoms with E-state index in [0.717, 1.165) is 19.5 Å². The van der Waals surface area contributed by atoms with Crippen LogP contribution < -0.4 is 17.2 Å². The van der Waals surface area contributed by atoms with Crippen molar-refractivity contribution in [3.8, 4) is 0 Å². The van der Waals surface area contributed by atoms with Gasteiger partial charge in [0.05, 0.1) is 0 Å². The van der Waals surface area contributed by atoms with Crippen LogP contribution in [0.3, 0.4) is 0 Å². The summed E-state index contributed by atoms with van der Waals surface area (Å²) in [6, 6.07) is 0. The molecule has 0 aromatic rings. The molecule has 11 heavy (non-hydrogen) atoms. The number of hydrogen-bond acceptors (Lipinski definition) is 4. The predicted octanol–water partition coefficient (Wildman–Crippen LogP) is -1.20. The summed E-state index contributed by atoms with van der Waals surface area (Å²) in [6.45, 7) is 3.11. The van der Waals surface area contributed by atoms with E-state index in [4.69, 9.17) is 17.2 Å². The minimum Gasteiger partial charge on any atom is -0.330 e. The molecule has 0 aliphatic heterocycles. The second-order valence-electron chi connectivity index (χ2n) is 2.52. The second kappa shape index (κ2) is 12.5. The Morgan fingerprint density at radius 2 is 1.36 bits per heavy atom. The van der Waals surface area contributed by atoms with Crippen molar-refractivity contribution >= 4 is 0 Å². The van der Waals surface area contributed by atoms with Gasteiger partial charge in [-0.25, -0.2) is 0 Å². The molecule has 6 N–H and O–H groups in total. The SMILES string of the molecule is CN(C)CCCN.NCCN. The summed E-state index contributed by atoms with van der Waals surface area (Å²) in [5.74, 6) is 0. The standard InChI is InChI=1S/C5H14N2.C2H8N2/c1-7(2)5-3-4-6;3-1-2-4/h3-6H2,1-2H3;1-4H2. The zero-order chi connectivity index (χ0) is 9.11. The van der Waals surface area contributed by atoms with Crippen molar-refractivity contribution in [2.24, 2.45) is 17.2 Å². The minimum absolute atomic E-state index is 0.597. The average Bonchev–Trinajstić information content (AvgIpc) is 2.01. The van der Waals surface area contributed by atoms with Gasteiger partial charge in [0, 0.05) is 13.1 Å². The minimum atomic E-state index is 0.597. The summed E-state index contributed by atoms with van der Waals surface area (Å²) in [6.07, 6.45) is 1.10. The summed E-state index contributed by atoms with van der Waals surface area (Å²) in [5.41, 5.74) is 15.1. The lowest BCUT2D eigenvalue weighted by molar-refractivity contribution is 0.403. The topological polar surface area (TPSA) is 81.3 Å². The highest BCUT2D eigenvalue weighted by molar-refractivity contribution is 4.42. The molecule has 0 fully saturated rings. The third-order valence-corrected chi connectivity index (χ3v) is 0.976. The highest BCUT2D eigenvalue weighted by Gasteiger charge is 1.83. The Bertz CT molecular complexity index is 54.4. The van der Waals surface area contributed by atoms with E-state index in [1.807, 2.05) is 0 Å². The molecule has 0 rings (SSSR count). The van der Waals surface area contributed by atoms with Crippen LogP contribution in [0.25, 0.3) is 0 Å². The van der Waals surface area contributed by atoms with Gasteiger partial charge >= 0.3 is 0 Å². The predicted molar refractivity (Wildman–Crippen MR) is 50.3 cm³/mol. The monoisotopic (exact) mass is 162 g/mol. The third-order valence-electron chi connectivity index (χ3n) is 0.976. The first-order valence-corrected chi connectivity index (χ1v) is 3.94. The normalized spacial score (nSPS) is 9.27. The van der Waals surface area contributed by atoms with Gasteiger partial charge in [-0.2, -0.15) is 0 Å². The number of nitrogens with zero attached hydrogens (tertiary/aromatic N) is 1. The first kappa shape index (κ1) is 13.4. The van der Waals surface area contributed by atoms with Gasteiger partial charge in [-0.3, -0.25) is 0 Å². The maximum atomic E-state index is 5.25. The molecule has 0 atom stereocenters. The van der Waals surface area contributed by atoms with Crippen LogP contribution in [0.1, 0.15) is 6.42 Å². The zero-order valence-corrected chi connectivity index (χ0v) is 7.71. The van der Waals surface area contributed by atoms with Gasteiger partial charge in [0.25, 0.3) is 0 Å². The van der Waals surface area contributed by atoms with E-state index < -0.39 is 0 Å². The highest BCUT2D eigenvalue weighted by atomic mass is 15.0. The lowest BCUT2D eigenvalue weighted by Crippen LogP contribution is -2.16. The maximum absolute atomic E-state index is 5.25. The molecule has 0 heterocycles. The first-order chi connectivity index (χ1) is 5.18. The molecule has 0 aromatic carbocycles. The fourth-order valence-corrected chi connectivity index (χ4v) is 0.408. The van der Waals surface area contributed by atoms with E-state index >= 15 is 0 Å². The fraction of sp³-hybridized carbons (Fsp3) is 1.00. The van der Waals surface area contributed by atoms with E-state index in [1.165, 1.54) is 0 Å². The lowest BCUT2D eigenvalue weighted by atomic mass is 10.4. The van der Waals surface area contributed by atoms with Gasteiger partial charge < -0.3 is 22.1 Å². The lowest BCUT2D eigenvalue weighted by Gasteiger charge is -2.05. The smallest absolute Gasteiger partial charge is 0.00461 e. The van der Waals surface area contributed by atoms with Crippen LogP contribution in [0.2, 0.25) is 0 Å². The number of nitrogens with two attached hydrogens (primary N) is 3. The number of hydrogen-bond donors (Lipinski definition) is 3. The molecule has 0 unspecified atom stereocenters. The average molecular weight is 162 g/mol. The van der Waals surface area contributed by atoms with Crippen LogP contribution in [-0.2, 0) is 0 Å². The summed E-state index contributed by atoms with van der Waals surface area (Å²) >= 11 is 0.